The van der Waals surface area contributed by atoms with Crippen LogP contribution in [0.15, 0.2) is 42.5 Å². The summed E-state index contributed by atoms with van der Waals surface area (Å²) in [6.45, 7) is 4.19. The normalized spacial score (nSPS) is 11.9. The molecule has 0 aliphatic rings. The van der Waals surface area contributed by atoms with E-state index < -0.39 is 5.97 Å². The lowest BCUT2D eigenvalue weighted by Gasteiger charge is -2.20. The highest BCUT2D eigenvalue weighted by atomic mass is 35.5. The summed E-state index contributed by atoms with van der Waals surface area (Å²) < 4.78 is 5.68. The van der Waals surface area contributed by atoms with Crippen LogP contribution in [-0.4, -0.2) is 18.2 Å². The van der Waals surface area contributed by atoms with Crippen molar-refractivity contribution in [1.29, 1.82) is 0 Å². The van der Waals surface area contributed by atoms with Gasteiger partial charge in [-0.1, -0.05) is 48.4 Å². The smallest absolute Gasteiger partial charge is 0.349 e. The highest BCUT2D eigenvalue weighted by Crippen LogP contribution is 2.37. The van der Waals surface area contributed by atoms with Crippen LogP contribution in [0.25, 0.3) is 10.1 Å². The van der Waals surface area contributed by atoms with Crippen LogP contribution in [0.5, 0.6) is 0 Å². The van der Waals surface area contributed by atoms with Crippen LogP contribution in [0, 0.1) is 6.92 Å². The Bertz CT molecular complexity index is 1020. The van der Waals surface area contributed by atoms with E-state index in [0.717, 1.165) is 22.2 Å². The van der Waals surface area contributed by atoms with Gasteiger partial charge in [0, 0.05) is 15.8 Å². The summed E-state index contributed by atoms with van der Waals surface area (Å²) >= 11 is 13.1. The van der Waals surface area contributed by atoms with Gasteiger partial charge in [0.15, 0.2) is 5.11 Å². The van der Waals surface area contributed by atoms with Crippen molar-refractivity contribution < 1.29 is 9.53 Å². The van der Waals surface area contributed by atoms with E-state index in [1.807, 2.05) is 18.2 Å². The monoisotopic (exact) mass is 432 g/mol. The first-order valence-electron chi connectivity index (χ1n) is 8.87. The topological polar surface area (TPSA) is 50.4 Å². The van der Waals surface area contributed by atoms with Crippen LogP contribution >= 0.6 is 35.2 Å². The molecule has 2 N–H and O–H groups in total. The number of carbonyl (C=O) groups excluding carboxylic acids is 1. The van der Waals surface area contributed by atoms with Gasteiger partial charge < -0.3 is 15.4 Å². The quantitative estimate of drug-likeness (QED) is 0.377. The fourth-order valence-electron chi connectivity index (χ4n) is 2.91. The third-order valence-corrected chi connectivity index (χ3v) is 6.31. The molecule has 0 aliphatic carbocycles. The molecule has 0 amide bonds. The van der Waals surface area contributed by atoms with Crippen molar-refractivity contribution in [3.63, 3.8) is 0 Å². The Morgan fingerprint density at radius 2 is 1.96 bits per heavy atom. The molecular weight excluding hydrogens is 412 g/mol. The van der Waals surface area contributed by atoms with Gasteiger partial charge in [-0.15, -0.1) is 11.3 Å². The molecule has 0 aliphatic heterocycles. The maximum atomic E-state index is 11.8. The number of hydrogen-bond acceptors (Lipinski definition) is 4. The van der Waals surface area contributed by atoms with Gasteiger partial charge in [-0.05, 0) is 49.3 Å². The molecule has 1 unspecified atom stereocenters. The number of methoxy groups -OCH3 is 1. The SMILES string of the molecule is CCC(NC(=S)Nc1ccc2c(Cl)c(C(=O)OC)sc2c1)c1ccc(C)cc1. The molecule has 28 heavy (non-hydrogen) atoms. The van der Waals surface area contributed by atoms with Gasteiger partial charge in [-0.2, -0.15) is 0 Å². The number of esters is 1. The standard InChI is InChI=1S/C21H21ClN2O2S2/c1-4-16(13-7-5-12(2)6-8-13)24-21(27)23-14-9-10-15-17(11-14)28-19(18(15)22)20(25)26-3/h5-11,16H,4H2,1-3H3,(H2,23,24,27). The largest absolute Gasteiger partial charge is 0.465 e. The molecule has 4 nitrogen and oxygen atoms in total. The predicted molar refractivity (Wildman–Crippen MR) is 122 cm³/mol. The summed E-state index contributed by atoms with van der Waals surface area (Å²) in [4.78, 5) is 12.2. The van der Waals surface area contributed by atoms with Crippen molar-refractivity contribution in [3.05, 3.63) is 63.5 Å². The molecule has 0 saturated carbocycles. The number of hydrogen-bond donors (Lipinski definition) is 2. The molecule has 1 atom stereocenters. The van der Waals surface area contributed by atoms with Crippen LogP contribution in [0.4, 0.5) is 5.69 Å². The fourth-order valence-corrected chi connectivity index (χ4v) is 4.64. The van der Waals surface area contributed by atoms with Crippen molar-refractivity contribution in [3.8, 4) is 0 Å². The molecular formula is C21H21ClN2O2S2. The van der Waals surface area contributed by atoms with Crippen LogP contribution in [0.3, 0.4) is 0 Å². The van der Waals surface area contributed by atoms with Gasteiger partial charge in [0.05, 0.1) is 18.2 Å². The summed E-state index contributed by atoms with van der Waals surface area (Å²) in [6, 6.07) is 14.3. The third kappa shape index (κ3) is 4.46. The molecule has 0 spiro atoms. The summed E-state index contributed by atoms with van der Waals surface area (Å²) in [7, 11) is 1.35. The van der Waals surface area contributed by atoms with Crippen molar-refractivity contribution in [2.24, 2.45) is 0 Å². The first-order valence-corrected chi connectivity index (χ1v) is 10.5. The number of halogens is 1. The molecule has 3 aromatic rings. The number of carbonyl (C=O) groups is 1. The summed E-state index contributed by atoms with van der Waals surface area (Å²) in [5, 5.41) is 8.37. The van der Waals surface area contributed by atoms with Crippen molar-refractivity contribution in [2.75, 3.05) is 12.4 Å². The Hall–Kier alpha value is -2.15. The van der Waals surface area contributed by atoms with E-state index in [0.29, 0.717) is 15.0 Å². The maximum Gasteiger partial charge on any atom is 0.349 e. The van der Waals surface area contributed by atoms with E-state index in [-0.39, 0.29) is 6.04 Å². The van der Waals surface area contributed by atoms with Crippen LogP contribution in [0.1, 0.15) is 40.2 Å². The molecule has 7 heteroatoms. The highest BCUT2D eigenvalue weighted by Gasteiger charge is 2.18. The average molecular weight is 433 g/mol. The number of anilines is 1. The van der Waals surface area contributed by atoms with Crippen LogP contribution in [0.2, 0.25) is 5.02 Å². The second-order valence-electron chi connectivity index (χ2n) is 6.42. The lowest BCUT2D eigenvalue weighted by molar-refractivity contribution is 0.0606. The van der Waals surface area contributed by atoms with Gasteiger partial charge in [-0.3, -0.25) is 0 Å². The fraction of sp³-hybridized carbons (Fsp3) is 0.238. The van der Waals surface area contributed by atoms with E-state index in [1.165, 1.54) is 29.6 Å². The Balaban J connectivity index is 1.75. The van der Waals surface area contributed by atoms with E-state index >= 15 is 0 Å². The van der Waals surface area contributed by atoms with E-state index in [2.05, 4.69) is 48.7 Å². The molecule has 1 heterocycles. The lowest BCUT2D eigenvalue weighted by Crippen LogP contribution is -2.32. The summed E-state index contributed by atoms with van der Waals surface area (Å²) in [5.74, 6) is -0.429. The predicted octanol–water partition coefficient (Wildman–Crippen LogP) is 6.09. The molecule has 0 radical (unpaired) electrons. The highest BCUT2D eigenvalue weighted by molar-refractivity contribution is 7.80. The van der Waals surface area contributed by atoms with Gasteiger partial charge >= 0.3 is 5.97 Å². The molecule has 0 saturated heterocycles. The number of rotatable bonds is 5. The Morgan fingerprint density at radius 3 is 2.61 bits per heavy atom. The van der Waals surface area contributed by atoms with E-state index in [1.54, 1.807) is 0 Å². The minimum atomic E-state index is -0.429. The molecule has 2 aromatic carbocycles. The number of thiocarbonyl (C=S) groups is 1. The van der Waals surface area contributed by atoms with Crippen LogP contribution in [-0.2, 0) is 4.74 Å². The minimum absolute atomic E-state index is 0.131. The van der Waals surface area contributed by atoms with E-state index in [4.69, 9.17) is 28.6 Å². The number of ether oxygens (including phenoxy) is 1. The zero-order valence-corrected chi connectivity index (χ0v) is 18.2. The number of aryl methyl sites for hydroxylation is 1. The van der Waals surface area contributed by atoms with Gasteiger partial charge in [0.2, 0.25) is 0 Å². The molecule has 0 fully saturated rings. The number of nitrogens with one attached hydrogen (secondary N) is 2. The molecule has 146 valence electrons. The third-order valence-electron chi connectivity index (χ3n) is 4.45. The second kappa shape index (κ2) is 8.90. The summed E-state index contributed by atoms with van der Waals surface area (Å²) in [6.07, 6.45) is 0.910. The van der Waals surface area contributed by atoms with E-state index in [9.17, 15) is 4.79 Å². The van der Waals surface area contributed by atoms with Gasteiger partial charge in [-0.25, -0.2) is 4.79 Å². The number of thiophene rings is 1. The van der Waals surface area contributed by atoms with Crippen molar-refractivity contribution in [1.82, 2.24) is 5.32 Å². The molecule has 1 aromatic heterocycles. The second-order valence-corrected chi connectivity index (χ2v) is 8.26. The average Bonchev–Trinajstić information content (AvgIpc) is 3.02. The Morgan fingerprint density at radius 1 is 1.25 bits per heavy atom. The first kappa shape index (κ1) is 20.6. The van der Waals surface area contributed by atoms with Gasteiger partial charge in [0.1, 0.15) is 4.88 Å². The zero-order valence-electron chi connectivity index (χ0n) is 15.8. The zero-order chi connectivity index (χ0) is 20.3. The van der Waals surface area contributed by atoms with Crippen molar-refractivity contribution >= 4 is 62.0 Å². The number of benzene rings is 2. The Kier molecular flexibility index (Phi) is 6.54. The van der Waals surface area contributed by atoms with Crippen molar-refractivity contribution in [2.45, 2.75) is 26.3 Å². The minimum Gasteiger partial charge on any atom is -0.465 e. The number of fused-ring (bicyclic) bond motifs is 1. The first-order chi connectivity index (χ1) is 13.4. The molecule has 3 rings (SSSR count). The molecule has 0 bridgehead atoms. The maximum absolute atomic E-state index is 11.8. The summed E-state index contributed by atoms with van der Waals surface area (Å²) in [5.41, 5.74) is 3.26. The van der Waals surface area contributed by atoms with Gasteiger partial charge in [0.25, 0.3) is 0 Å². The van der Waals surface area contributed by atoms with Crippen LogP contribution < -0.4 is 10.6 Å². The Labute approximate surface area is 178 Å². The lowest BCUT2D eigenvalue weighted by atomic mass is 10.0.